The minimum Gasteiger partial charge on any atom is -0.309 e. The van der Waals surface area contributed by atoms with E-state index in [-0.39, 0.29) is 17.6 Å². The summed E-state index contributed by atoms with van der Waals surface area (Å²) >= 11 is 1.71. The Balaban J connectivity index is 1.64. The van der Waals surface area contributed by atoms with E-state index in [0.29, 0.717) is 5.92 Å². The average molecular weight is 368 g/mol. The van der Waals surface area contributed by atoms with Crippen LogP contribution in [0.1, 0.15) is 61.1 Å². The second kappa shape index (κ2) is 6.97. The largest absolute Gasteiger partial charge is 0.309 e. The van der Waals surface area contributed by atoms with Crippen LogP contribution in [0.4, 0.5) is 0 Å². The van der Waals surface area contributed by atoms with E-state index >= 15 is 0 Å². The fraction of sp³-hybridized carbons (Fsp3) is 0.429. The summed E-state index contributed by atoms with van der Waals surface area (Å²) in [6, 6.07) is 10.5. The molecular weight excluding hydrogens is 342 g/mol. The number of hydrogen-bond donors (Lipinski definition) is 2. The van der Waals surface area contributed by atoms with Crippen LogP contribution in [-0.4, -0.2) is 9.97 Å². The first-order valence-electron chi connectivity index (χ1n) is 9.38. The van der Waals surface area contributed by atoms with Gasteiger partial charge in [0.05, 0.1) is 11.4 Å². The van der Waals surface area contributed by atoms with Crippen molar-refractivity contribution in [1.29, 1.82) is 0 Å². The number of aryl methyl sites for hydroxylation is 1. The molecule has 136 valence electrons. The topological polar surface area (TPSA) is 57.8 Å². The van der Waals surface area contributed by atoms with Crippen molar-refractivity contribution in [3.63, 3.8) is 0 Å². The predicted molar refractivity (Wildman–Crippen MR) is 108 cm³/mol. The van der Waals surface area contributed by atoms with Crippen LogP contribution >= 0.6 is 11.3 Å². The maximum atomic E-state index is 12.8. The molecule has 1 aliphatic carbocycles. The summed E-state index contributed by atoms with van der Waals surface area (Å²) in [4.78, 5) is 22.8. The van der Waals surface area contributed by atoms with E-state index in [0.717, 1.165) is 35.3 Å². The van der Waals surface area contributed by atoms with E-state index < -0.39 is 0 Å². The highest BCUT2D eigenvalue weighted by molar-refractivity contribution is 7.18. The lowest BCUT2D eigenvalue weighted by Gasteiger charge is -2.20. The number of H-pyrrole nitrogens is 1. The Labute approximate surface area is 157 Å². The van der Waals surface area contributed by atoms with Gasteiger partial charge in [-0.2, -0.15) is 0 Å². The van der Waals surface area contributed by atoms with Gasteiger partial charge < -0.3 is 10.3 Å². The molecule has 0 bridgehead atoms. The van der Waals surface area contributed by atoms with Gasteiger partial charge in [0.2, 0.25) is 0 Å². The van der Waals surface area contributed by atoms with E-state index in [1.807, 2.05) is 18.2 Å². The number of nitrogens with one attached hydrogen (secondary N) is 2. The number of aromatic nitrogens is 2. The van der Waals surface area contributed by atoms with Crippen LogP contribution in [0, 0.1) is 5.92 Å². The number of rotatable bonds is 4. The summed E-state index contributed by atoms with van der Waals surface area (Å²) < 4.78 is 0. The minimum atomic E-state index is -0.0274. The molecule has 0 aliphatic heterocycles. The molecule has 0 unspecified atom stereocenters. The maximum absolute atomic E-state index is 12.8. The highest BCUT2D eigenvalue weighted by Gasteiger charge is 2.24. The molecular formula is C21H25N3OS. The Hall–Kier alpha value is -1.98. The van der Waals surface area contributed by atoms with E-state index in [4.69, 9.17) is 4.98 Å². The smallest absolute Gasteiger partial charge is 0.259 e. The molecule has 2 aromatic heterocycles. The Bertz CT molecular complexity index is 976. The van der Waals surface area contributed by atoms with Gasteiger partial charge in [0, 0.05) is 10.9 Å². The lowest BCUT2D eigenvalue weighted by molar-refractivity contribution is 0.477. The van der Waals surface area contributed by atoms with E-state index in [1.165, 1.54) is 16.0 Å². The van der Waals surface area contributed by atoms with Crippen LogP contribution in [-0.2, 0) is 12.8 Å². The molecule has 0 saturated heterocycles. The third kappa shape index (κ3) is 3.21. The molecule has 0 saturated carbocycles. The van der Waals surface area contributed by atoms with Crippen LogP contribution in [0.25, 0.3) is 10.2 Å². The van der Waals surface area contributed by atoms with Crippen molar-refractivity contribution in [2.24, 2.45) is 5.92 Å². The van der Waals surface area contributed by atoms with E-state index in [2.05, 4.69) is 43.2 Å². The molecule has 0 spiro atoms. The highest BCUT2D eigenvalue weighted by Crippen LogP contribution is 2.35. The van der Waals surface area contributed by atoms with Crippen molar-refractivity contribution < 1.29 is 0 Å². The summed E-state index contributed by atoms with van der Waals surface area (Å²) in [6.07, 6.45) is 3.23. The van der Waals surface area contributed by atoms with Gasteiger partial charge in [-0.25, -0.2) is 4.98 Å². The normalized spacial score (nSPS) is 19.3. The molecule has 3 aromatic rings. The number of hydrogen-bond acceptors (Lipinski definition) is 4. The first kappa shape index (κ1) is 17.4. The van der Waals surface area contributed by atoms with Crippen LogP contribution < -0.4 is 10.9 Å². The number of benzene rings is 1. The number of fused-ring (bicyclic) bond motifs is 3. The Morgan fingerprint density at radius 3 is 2.77 bits per heavy atom. The SMILES string of the molecule is C[C@H]1CCc2c(sc3nc([C@H](C)N[C@@H](C)c4ccccc4)[nH]c(=O)c23)C1. The van der Waals surface area contributed by atoms with Crippen molar-refractivity contribution in [3.8, 4) is 0 Å². The van der Waals surface area contributed by atoms with Crippen molar-refractivity contribution in [3.05, 3.63) is 62.5 Å². The third-order valence-corrected chi connectivity index (χ3v) is 6.54. The zero-order valence-electron chi connectivity index (χ0n) is 15.5. The highest BCUT2D eigenvalue weighted by atomic mass is 32.1. The average Bonchev–Trinajstić information content (AvgIpc) is 3.00. The molecule has 26 heavy (non-hydrogen) atoms. The first-order chi connectivity index (χ1) is 12.5. The fourth-order valence-electron chi connectivity index (χ4n) is 3.86. The summed E-state index contributed by atoms with van der Waals surface area (Å²) in [5.41, 5.74) is 2.48. The van der Waals surface area contributed by atoms with Gasteiger partial charge in [-0.3, -0.25) is 4.79 Å². The van der Waals surface area contributed by atoms with Crippen LogP contribution in [0.2, 0.25) is 0 Å². The van der Waals surface area contributed by atoms with Gasteiger partial charge in [0.1, 0.15) is 10.7 Å². The molecule has 1 aromatic carbocycles. The lowest BCUT2D eigenvalue weighted by Crippen LogP contribution is -2.26. The second-order valence-corrected chi connectivity index (χ2v) is 8.59. The second-order valence-electron chi connectivity index (χ2n) is 7.50. The molecule has 0 amide bonds. The van der Waals surface area contributed by atoms with Gasteiger partial charge in [0.25, 0.3) is 5.56 Å². The van der Waals surface area contributed by atoms with Crippen molar-refractivity contribution in [2.45, 2.75) is 52.1 Å². The standard InChI is InChI=1S/C21H25N3OS/c1-12-9-10-16-17(11-12)26-21-18(16)20(25)23-19(24-21)14(3)22-13(2)15-7-5-4-6-8-15/h4-8,12-14,22H,9-11H2,1-3H3,(H,23,24,25)/t12-,13-,14-/m0/s1. The summed E-state index contributed by atoms with van der Waals surface area (Å²) in [5.74, 6) is 1.42. The number of aromatic amines is 1. The summed E-state index contributed by atoms with van der Waals surface area (Å²) in [7, 11) is 0. The van der Waals surface area contributed by atoms with Gasteiger partial charge in [-0.05, 0) is 50.2 Å². The molecule has 1 aliphatic rings. The molecule has 4 nitrogen and oxygen atoms in total. The van der Waals surface area contributed by atoms with Gasteiger partial charge >= 0.3 is 0 Å². The van der Waals surface area contributed by atoms with E-state index in [9.17, 15) is 4.79 Å². The third-order valence-electron chi connectivity index (χ3n) is 5.39. The number of nitrogens with zero attached hydrogens (tertiary/aromatic N) is 1. The summed E-state index contributed by atoms with van der Waals surface area (Å²) in [6.45, 7) is 6.47. The quantitative estimate of drug-likeness (QED) is 0.713. The van der Waals surface area contributed by atoms with E-state index in [1.54, 1.807) is 11.3 Å². The molecule has 3 atom stereocenters. The van der Waals surface area contributed by atoms with Crippen LogP contribution in [0.3, 0.4) is 0 Å². The van der Waals surface area contributed by atoms with Crippen molar-refractivity contribution in [1.82, 2.24) is 15.3 Å². The zero-order valence-corrected chi connectivity index (χ0v) is 16.3. The monoisotopic (exact) mass is 367 g/mol. The Kier molecular flexibility index (Phi) is 4.67. The summed E-state index contributed by atoms with van der Waals surface area (Å²) in [5, 5.41) is 4.37. The Morgan fingerprint density at radius 1 is 1.23 bits per heavy atom. The molecule has 5 heteroatoms. The van der Waals surface area contributed by atoms with Crippen molar-refractivity contribution in [2.75, 3.05) is 0 Å². The molecule has 2 heterocycles. The molecule has 0 fully saturated rings. The molecule has 4 rings (SSSR count). The number of thiophene rings is 1. The maximum Gasteiger partial charge on any atom is 0.259 e. The van der Waals surface area contributed by atoms with Gasteiger partial charge in [-0.1, -0.05) is 37.3 Å². The minimum absolute atomic E-state index is 0.0121. The van der Waals surface area contributed by atoms with Gasteiger partial charge in [0.15, 0.2) is 0 Å². The fourth-order valence-corrected chi connectivity index (χ4v) is 5.25. The predicted octanol–water partition coefficient (Wildman–Crippen LogP) is 4.52. The zero-order chi connectivity index (χ0) is 18.3. The molecule has 2 N–H and O–H groups in total. The Morgan fingerprint density at radius 2 is 2.00 bits per heavy atom. The molecule has 0 radical (unpaired) electrons. The van der Waals surface area contributed by atoms with Crippen LogP contribution in [0.15, 0.2) is 35.1 Å². The van der Waals surface area contributed by atoms with Crippen LogP contribution in [0.5, 0.6) is 0 Å². The van der Waals surface area contributed by atoms with Gasteiger partial charge in [-0.15, -0.1) is 11.3 Å². The van der Waals surface area contributed by atoms with Crippen molar-refractivity contribution >= 4 is 21.6 Å². The lowest BCUT2D eigenvalue weighted by atomic mass is 9.89. The first-order valence-corrected chi connectivity index (χ1v) is 10.2.